The van der Waals surface area contributed by atoms with Crippen LogP contribution in [-0.2, 0) is 6.42 Å². The van der Waals surface area contributed by atoms with E-state index in [1.807, 2.05) is 31.3 Å². The lowest BCUT2D eigenvalue weighted by Gasteiger charge is -2.05. The number of aromatic amines is 1. The van der Waals surface area contributed by atoms with Gasteiger partial charge in [-0.2, -0.15) is 0 Å². The van der Waals surface area contributed by atoms with Crippen molar-refractivity contribution in [3.63, 3.8) is 0 Å². The van der Waals surface area contributed by atoms with Crippen LogP contribution in [0.3, 0.4) is 0 Å². The number of aryl methyl sites for hydroxylation is 2. The summed E-state index contributed by atoms with van der Waals surface area (Å²) in [5.41, 5.74) is 4.08. The van der Waals surface area contributed by atoms with Gasteiger partial charge in [0.1, 0.15) is 11.6 Å². The highest BCUT2D eigenvalue weighted by atomic mass is 16.5. The van der Waals surface area contributed by atoms with Crippen LogP contribution in [0.25, 0.3) is 11.2 Å². The Morgan fingerprint density at radius 2 is 2.05 bits per heavy atom. The lowest BCUT2D eigenvalue weighted by Crippen LogP contribution is -2.02. The summed E-state index contributed by atoms with van der Waals surface area (Å²) in [6.07, 6.45) is 2.57. The average molecular weight is 267 g/mol. The molecule has 0 radical (unpaired) electrons. The Hall–Kier alpha value is -2.36. The molecule has 0 aliphatic carbocycles. The molecule has 0 atom stereocenters. The van der Waals surface area contributed by atoms with Crippen molar-refractivity contribution in [2.45, 2.75) is 20.3 Å². The molecule has 20 heavy (non-hydrogen) atoms. The van der Waals surface area contributed by atoms with Gasteiger partial charge in [-0.1, -0.05) is 12.1 Å². The number of ether oxygens (including phenoxy) is 1. The second-order valence-corrected chi connectivity index (χ2v) is 4.98. The Morgan fingerprint density at radius 1 is 1.15 bits per heavy atom. The summed E-state index contributed by atoms with van der Waals surface area (Å²) in [6.45, 7) is 4.68. The number of pyridine rings is 1. The van der Waals surface area contributed by atoms with E-state index in [2.05, 4.69) is 34.0 Å². The fraction of sp³-hybridized carbons (Fsp3) is 0.250. The minimum atomic E-state index is 0.599. The normalized spacial score (nSPS) is 10.9. The predicted molar refractivity (Wildman–Crippen MR) is 79.0 cm³/mol. The van der Waals surface area contributed by atoms with Crippen molar-refractivity contribution in [3.8, 4) is 5.75 Å². The van der Waals surface area contributed by atoms with Crippen molar-refractivity contribution in [1.29, 1.82) is 0 Å². The smallest absolute Gasteiger partial charge is 0.177 e. The summed E-state index contributed by atoms with van der Waals surface area (Å²) < 4.78 is 5.73. The molecule has 1 N–H and O–H groups in total. The van der Waals surface area contributed by atoms with Crippen LogP contribution in [0.4, 0.5) is 0 Å². The van der Waals surface area contributed by atoms with Crippen LogP contribution < -0.4 is 4.74 Å². The largest absolute Gasteiger partial charge is 0.493 e. The first-order valence-electron chi connectivity index (χ1n) is 6.71. The van der Waals surface area contributed by atoms with Crippen molar-refractivity contribution in [2.24, 2.45) is 0 Å². The molecular weight excluding hydrogens is 250 g/mol. The third-order valence-corrected chi connectivity index (χ3v) is 3.12. The number of rotatable bonds is 4. The van der Waals surface area contributed by atoms with Gasteiger partial charge in [0.25, 0.3) is 0 Å². The van der Waals surface area contributed by atoms with Crippen LogP contribution in [0.15, 0.2) is 36.5 Å². The molecule has 3 aromatic rings. The van der Waals surface area contributed by atoms with Gasteiger partial charge >= 0.3 is 0 Å². The topological polar surface area (TPSA) is 50.8 Å². The monoisotopic (exact) mass is 267 g/mol. The third kappa shape index (κ3) is 2.79. The highest BCUT2D eigenvalue weighted by Crippen LogP contribution is 2.14. The summed E-state index contributed by atoms with van der Waals surface area (Å²) in [5.74, 6) is 1.81. The average Bonchev–Trinajstić information content (AvgIpc) is 2.80. The number of fused-ring (bicyclic) bond motifs is 1. The van der Waals surface area contributed by atoms with E-state index >= 15 is 0 Å². The third-order valence-electron chi connectivity index (χ3n) is 3.12. The summed E-state index contributed by atoms with van der Waals surface area (Å²) in [5, 5.41) is 0. The van der Waals surface area contributed by atoms with E-state index in [0.29, 0.717) is 6.61 Å². The van der Waals surface area contributed by atoms with Crippen LogP contribution in [-0.4, -0.2) is 21.6 Å². The van der Waals surface area contributed by atoms with Crippen LogP contribution in [0.2, 0.25) is 0 Å². The van der Waals surface area contributed by atoms with Crippen LogP contribution in [0.5, 0.6) is 5.75 Å². The Morgan fingerprint density at radius 3 is 2.90 bits per heavy atom. The number of H-pyrrole nitrogens is 1. The quantitative estimate of drug-likeness (QED) is 0.789. The van der Waals surface area contributed by atoms with Gasteiger partial charge in [0.2, 0.25) is 0 Å². The number of hydrogen-bond donors (Lipinski definition) is 1. The van der Waals surface area contributed by atoms with Gasteiger partial charge in [-0.25, -0.2) is 9.97 Å². The number of aromatic nitrogens is 3. The molecule has 0 saturated heterocycles. The van der Waals surface area contributed by atoms with Gasteiger partial charge in [-0.15, -0.1) is 0 Å². The van der Waals surface area contributed by atoms with Crippen molar-refractivity contribution in [1.82, 2.24) is 15.0 Å². The summed E-state index contributed by atoms with van der Waals surface area (Å²) in [6, 6.07) is 10.1. The Bertz CT molecular complexity index is 733. The molecule has 0 bridgehead atoms. The molecule has 0 aliphatic heterocycles. The Labute approximate surface area is 117 Å². The standard InChI is InChI=1S/C16H17N3O/c1-11-4-3-5-13(8-11)20-7-6-15-18-14-9-12(2)10-17-16(14)19-15/h3-5,8-10H,6-7H2,1-2H3,(H,17,18,19). The summed E-state index contributed by atoms with van der Waals surface area (Å²) in [4.78, 5) is 12.0. The van der Waals surface area contributed by atoms with Crippen molar-refractivity contribution in [3.05, 3.63) is 53.5 Å². The predicted octanol–water partition coefficient (Wildman–Crippen LogP) is 3.20. The second kappa shape index (κ2) is 5.33. The molecule has 3 rings (SSSR count). The number of imidazole rings is 1. The van der Waals surface area contributed by atoms with E-state index in [4.69, 9.17) is 4.74 Å². The van der Waals surface area contributed by atoms with E-state index in [-0.39, 0.29) is 0 Å². The molecule has 0 amide bonds. The maximum Gasteiger partial charge on any atom is 0.177 e. The minimum Gasteiger partial charge on any atom is -0.493 e. The number of nitrogens with zero attached hydrogens (tertiary/aromatic N) is 2. The summed E-state index contributed by atoms with van der Waals surface area (Å²) >= 11 is 0. The van der Waals surface area contributed by atoms with E-state index in [9.17, 15) is 0 Å². The van der Waals surface area contributed by atoms with Gasteiger partial charge in [0, 0.05) is 12.6 Å². The molecule has 2 aromatic heterocycles. The second-order valence-electron chi connectivity index (χ2n) is 4.98. The first kappa shape index (κ1) is 12.7. The highest BCUT2D eigenvalue weighted by molar-refractivity contribution is 5.70. The first-order valence-corrected chi connectivity index (χ1v) is 6.71. The summed E-state index contributed by atoms with van der Waals surface area (Å²) in [7, 11) is 0. The maximum atomic E-state index is 5.73. The van der Waals surface area contributed by atoms with Crippen LogP contribution in [0, 0.1) is 13.8 Å². The SMILES string of the molecule is Cc1cccc(OCCc2nc3ncc(C)cc3[nH]2)c1. The fourth-order valence-corrected chi connectivity index (χ4v) is 2.14. The Kier molecular flexibility index (Phi) is 3.37. The zero-order chi connectivity index (χ0) is 13.9. The van der Waals surface area contributed by atoms with Gasteiger partial charge < -0.3 is 9.72 Å². The molecule has 0 fully saturated rings. The fourth-order valence-electron chi connectivity index (χ4n) is 2.14. The molecule has 4 nitrogen and oxygen atoms in total. The van der Waals surface area contributed by atoms with Crippen molar-refractivity contribution >= 4 is 11.2 Å². The van der Waals surface area contributed by atoms with Crippen LogP contribution >= 0.6 is 0 Å². The first-order chi connectivity index (χ1) is 9.70. The van der Waals surface area contributed by atoms with Crippen molar-refractivity contribution in [2.75, 3.05) is 6.61 Å². The molecular formula is C16H17N3O. The van der Waals surface area contributed by atoms with E-state index in [1.165, 1.54) is 5.56 Å². The molecule has 0 aliphatic rings. The Balaban J connectivity index is 1.65. The number of hydrogen-bond acceptors (Lipinski definition) is 3. The van der Waals surface area contributed by atoms with E-state index in [0.717, 1.165) is 34.7 Å². The van der Waals surface area contributed by atoms with E-state index < -0.39 is 0 Å². The molecule has 102 valence electrons. The molecule has 0 unspecified atom stereocenters. The van der Waals surface area contributed by atoms with Gasteiger partial charge in [-0.3, -0.25) is 0 Å². The van der Waals surface area contributed by atoms with Crippen LogP contribution in [0.1, 0.15) is 17.0 Å². The van der Waals surface area contributed by atoms with E-state index in [1.54, 1.807) is 0 Å². The highest BCUT2D eigenvalue weighted by Gasteiger charge is 2.04. The molecule has 0 saturated carbocycles. The lowest BCUT2D eigenvalue weighted by molar-refractivity contribution is 0.319. The molecule has 0 spiro atoms. The zero-order valence-corrected chi connectivity index (χ0v) is 11.7. The molecule has 1 aromatic carbocycles. The van der Waals surface area contributed by atoms with Gasteiger partial charge in [0.05, 0.1) is 12.1 Å². The number of benzene rings is 1. The number of nitrogens with one attached hydrogen (secondary N) is 1. The van der Waals surface area contributed by atoms with Gasteiger partial charge in [0.15, 0.2) is 5.65 Å². The zero-order valence-electron chi connectivity index (χ0n) is 11.7. The molecule has 2 heterocycles. The van der Waals surface area contributed by atoms with Crippen molar-refractivity contribution < 1.29 is 4.74 Å². The van der Waals surface area contributed by atoms with Gasteiger partial charge in [-0.05, 0) is 43.2 Å². The lowest BCUT2D eigenvalue weighted by atomic mass is 10.2. The minimum absolute atomic E-state index is 0.599. The maximum absolute atomic E-state index is 5.73. The molecule has 4 heteroatoms.